The van der Waals surface area contributed by atoms with Crippen molar-refractivity contribution in [1.29, 1.82) is 0 Å². The molecule has 1 aliphatic rings. The van der Waals surface area contributed by atoms with Crippen molar-refractivity contribution in [2.24, 2.45) is 0 Å². The number of sulfonamides is 1. The first-order chi connectivity index (χ1) is 15.5. The zero-order valence-electron chi connectivity index (χ0n) is 18.3. The molecule has 1 unspecified atom stereocenters. The lowest BCUT2D eigenvalue weighted by Gasteiger charge is -2.25. The van der Waals surface area contributed by atoms with Crippen LogP contribution in [0.1, 0.15) is 25.3 Å². The van der Waals surface area contributed by atoms with Crippen LogP contribution in [-0.4, -0.2) is 56.1 Å². The highest BCUT2D eigenvalue weighted by Crippen LogP contribution is 2.27. The minimum atomic E-state index is -4.81. The Kier molecular flexibility index (Phi) is 7.65. The largest absolute Gasteiger partial charge is 0.573 e. The van der Waals surface area contributed by atoms with E-state index in [1.54, 1.807) is 24.9 Å². The molecule has 1 atom stereocenters. The van der Waals surface area contributed by atoms with Crippen molar-refractivity contribution in [3.05, 3.63) is 54.1 Å². The summed E-state index contributed by atoms with van der Waals surface area (Å²) in [6.07, 6.45) is -3.14. The summed E-state index contributed by atoms with van der Waals surface area (Å²) in [6.45, 7) is 2.67. The standard InChI is InChI=1S/C22H26F3N3O4S/c1-16(27(2)15-17-7-3-4-8-20(17)32-22(23,24)25)21(29)26-18-9-11-19(12-10-18)33(30,31)28-13-5-6-14-28/h3-4,7-12,16H,5-6,13-15H2,1-2H3,(H,26,29). The van der Waals surface area contributed by atoms with Crippen LogP contribution in [0.2, 0.25) is 0 Å². The van der Waals surface area contributed by atoms with Crippen LogP contribution >= 0.6 is 0 Å². The van der Waals surface area contributed by atoms with Gasteiger partial charge in [0, 0.05) is 30.9 Å². The molecule has 2 aromatic rings. The van der Waals surface area contributed by atoms with Crippen LogP contribution in [0.4, 0.5) is 18.9 Å². The maximum Gasteiger partial charge on any atom is 0.573 e. The Morgan fingerprint density at radius 1 is 1.12 bits per heavy atom. The van der Waals surface area contributed by atoms with Crippen molar-refractivity contribution in [2.75, 3.05) is 25.5 Å². The highest BCUT2D eigenvalue weighted by atomic mass is 32.2. The molecule has 0 aromatic heterocycles. The minimum absolute atomic E-state index is 0.0495. The summed E-state index contributed by atoms with van der Waals surface area (Å²) < 4.78 is 68.6. The van der Waals surface area contributed by atoms with Crippen molar-refractivity contribution in [1.82, 2.24) is 9.21 Å². The van der Waals surface area contributed by atoms with Crippen LogP contribution in [-0.2, 0) is 21.4 Å². The fourth-order valence-corrected chi connectivity index (χ4v) is 5.02. The third kappa shape index (κ3) is 6.46. The zero-order valence-corrected chi connectivity index (χ0v) is 19.1. The van der Waals surface area contributed by atoms with E-state index in [2.05, 4.69) is 10.1 Å². The Bertz CT molecular complexity index is 1070. The minimum Gasteiger partial charge on any atom is -0.405 e. The summed E-state index contributed by atoms with van der Waals surface area (Å²) >= 11 is 0. The summed E-state index contributed by atoms with van der Waals surface area (Å²) in [5, 5.41) is 2.71. The Labute approximate surface area is 191 Å². The van der Waals surface area contributed by atoms with Gasteiger partial charge in [0.05, 0.1) is 10.9 Å². The number of hydrogen-bond acceptors (Lipinski definition) is 5. The van der Waals surface area contributed by atoms with Crippen molar-refractivity contribution in [2.45, 2.75) is 43.6 Å². The number of para-hydroxylation sites is 1. The molecule has 33 heavy (non-hydrogen) atoms. The van der Waals surface area contributed by atoms with Crippen molar-refractivity contribution < 1.29 is 31.1 Å². The SMILES string of the molecule is CC(C(=O)Nc1ccc(S(=O)(=O)N2CCCC2)cc1)N(C)Cc1ccccc1OC(F)(F)F. The summed E-state index contributed by atoms with van der Waals surface area (Å²) in [5.74, 6) is -0.707. The molecule has 1 saturated heterocycles. The molecule has 3 rings (SSSR count). The molecule has 1 aliphatic heterocycles. The lowest BCUT2D eigenvalue weighted by Crippen LogP contribution is -2.39. The van der Waals surface area contributed by atoms with Gasteiger partial charge in [0.2, 0.25) is 15.9 Å². The fourth-order valence-electron chi connectivity index (χ4n) is 3.50. The van der Waals surface area contributed by atoms with E-state index in [0.717, 1.165) is 12.8 Å². The number of nitrogens with one attached hydrogen (secondary N) is 1. The third-order valence-electron chi connectivity index (χ3n) is 5.48. The summed E-state index contributed by atoms with van der Waals surface area (Å²) in [7, 11) is -1.93. The molecule has 7 nitrogen and oxygen atoms in total. The summed E-state index contributed by atoms with van der Waals surface area (Å²) in [4.78, 5) is 14.4. The number of ether oxygens (including phenoxy) is 1. The first-order valence-electron chi connectivity index (χ1n) is 10.4. The molecule has 11 heteroatoms. The predicted octanol–water partition coefficient (Wildman–Crippen LogP) is 3.83. The number of carbonyl (C=O) groups is 1. The van der Waals surface area contributed by atoms with Crippen LogP contribution in [0, 0.1) is 0 Å². The second kappa shape index (κ2) is 10.1. The second-order valence-electron chi connectivity index (χ2n) is 7.87. The van der Waals surface area contributed by atoms with Gasteiger partial charge in [-0.15, -0.1) is 13.2 Å². The van der Waals surface area contributed by atoms with Gasteiger partial charge in [-0.1, -0.05) is 18.2 Å². The van der Waals surface area contributed by atoms with Crippen LogP contribution in [0.3, 0.4) is 0 Å². The van der Waals surface area contributed by atoms with Gasteiger partial charge in [-0.05, 0) is 57.1 Å². The molecular weight excluding hydrogens is 459 g/mol. The Morgan fingerprint density at radius 2 is 1.73 bits per heavy atom. The van der Waals surface area contributed by atoms with E-state index in [-0.39, 0.29) is 28.7 Å². The molecular formula is C22H26F3N3O4S. The maximum atomic E-state index is 12.7. The number of benzene rings is 2. The van der Waals surface area contributed by atoms with Gasteiger partial charge in [0.25, 0.3) is 0 Å². The average Bonchev–Trinajstić information content (AvgIpc) is 3.30. The maximum absolute atomic E-state index is 12.7. The van der Waals surface area contributed by atoms with E-state index in [1.165, 1.54) is 46.8 Å². The highest BCUT2D eigenvalue weighted by Gasteiger charge is 2.32. The Morgan fingerprint density at radius 3 is 2.33 bits per heavy atom. The summed E-state index contributed by atoms with van der Waals surface area (Å²) in [6, 6.07) is 11.0. The smallest absolute Gasteiger partial charge is 0.405 e. The third-order valence-corrected chi connectivity index (χ3v) is 7.40. The number of alkyl halides is 3. The number of rotatable bonds is 8. The summed E-state index contributed by atoms with van der Waals surface area (Å²) in [5.41, 5.74) is 0.704. The fraction of sp³-hybridized carbons (Fsp3) is 0.409. The molecule has 2 aromatic carbocycles. The number of likely N-dealkylation sites (N-methyl/N-ethyl adjacent to an activating group) is 1. The van der Waals surface area contributed by atoms with Gasteiger partial charge in [0.1, 0.15) is 5.75 Å². The molecule has 1 N–H and O–H groups in total. The predicted molar refractivity (Wildman–Crippen MR) is 117 cm³/mol. The molecule has 1 fully saturated rings. The number of carbonyl (C=O) groups excluding carboxylic acids is 1. The van der Waals surface area contributed by atoms with E-state index in [0.29, 0.717) is 18.8 Å². The van der Waals surface area contributed by atoms with Crippen molar-refractivity contribution in [3.63, 3.8) is 0 Å². The lowest BCUT2D eigenvalue weighted by atomic mass is 10.1. The van der Waals surface area contributed by atoms with E-state index >= 15 is 0 Å². The van der Waals surface area contributed by atoms with Gasteiger partial charge < -0.3 is 10.1 Å². The second-order valence-corrected chi connectivity index (χ2v) is 9.81. The first kappa shape index (κ1) is 25.0. The van der Waals surface area contributed by atoms with Gasteiger partial charge in [-0.3, -0.25) is 9.69 Å². The molecule has 180 valence electrons. The normalized spacial score (nSPS) is 16.1. The first-order valence-corrected chi connectivity index (χ1v) is 11.9. The average molecular weight is 486 g/mol. The van der Waals surface area contributed by atoms with Gasteiger partial charge in [0.15, 0.2) is 0 Å². The topological polar surface area (TPSA) is 79.0 Å². The molecule has 0 aliphatic carbocycles. The van der Waals surface area contributed by atoms with Crippen molar-refractivity contribution >= 4 is 21.6 Å². The monoisotopic (exact) mass is 485 g/mol. The number of amides is 1. The Hall–Kier alpha value is -2.63. The molecule has 0 bridgehead atoms. The Balaban J connectivity index is 1.62. The van der Waals surface area contributed by atoms with Crippen molar-refractivity contribution in [3.8, 4) is 5.75 Å². The molecule has 0 spiro atoms. The molecule has 0 radical (unpaired) electrons. The van der Waals surface area contributed by atoms with Crippen LogP contribution in [0.15, 0.2) is 53.4 Å². The highest BCUT2D eigenvalue weighted by molar-refractivity contribution is 7.89. The van der Waals surface area contributed by atoms with Gasteiger partial charge in [-0.2, -0.15) is 4.31 Å². The van der Waals surface area contributed by atoms with Crippen LogP contribution < -0.4 is 10.1 Å². The quantitative estimate of drug-likeness (QED) is 0.615. The number of hydrogen-bond donors (Lipinski definition) is 1. The van der Waals surface area contributed by atoms with E-state index in [1.807, 2.05) is 0 Å². The van der Waals surface area contributed by atoms with Crippen LogP contribution in [0.25, 0.3) is 0 Å². The van der Waals surface area contributed by atoms with E-state index in [9.17, 15) is 26.4 Å². The van der Waals surface area contributed by atoms with E-state index < -0.39 is 22.4 Å². The van der Waals surface area contributed by atoms with Crippen LogP contribution in [0.5, 0.6) is 5.75 Å². The number of nitrogens with zero attached hydrogens (tertiary/aromatic N) is 2. The molecule has 0 saturated carbocycles. The molecule has 1 amide bonds. The van der Waals surface area contributed by atoms with Gasteiger partial charge in [-0.25, -0.2) is 8.42 Å². The van der Waals surface area contributed by atoms with Gasteiger partial charge >= 0.3 is 6.36 Å². The number of halogens is 3. The lowest BCUT2D eigenvalue weighted by molar-refractivity contribution is -0.275. The zero-order chi connectivity index (χ0) is 24.2. The molecule has 1 heterocycles. The van der Waals surface area contributed by atoms with E-state index in [4.69, 9.17) is 0 Å². The number of anilines is 1.